The van der Waals surface area contributed by atoms with Crippen LogP contribution in [0.1, 0.15) is 0 Å². The van der Waals surface area contributed by atoms with Gasteiger partial charge in [-0.15, -0.1) is 11.3 Å². The molecule has 1 aromatic carbocycles. The van der Waals surface area contributed by atoms with Gasteiger partial charge in [0.2, 0.25) is 6.08 Å². The fraction of sp³-hybridized carbons (Fsp3) is 0. The van der Waals surface area contributed by atoms with Gasteiger partial charge in [0, 0.05) is 0 Å². The summed E-state index contributed by atoms with van der Waals surface area (Å²) in [6.07, 6.45) is 1.52. The second-order valence-corrected chi connectivity index (χ2v) is 3.04. The summed E-state index contributed by atoms with van der Waals surface area (Å²) < 4.78 is 0.931. The number of carbonyl (C=O) groups excluding carboxylic acids is 1. The van der Waals surface area contributed by atoms with E-state index in [1.54, 1.807) is 11.6 Å². The molecule has 12 heavy (non-hydrogen) atoms. The lowest BCUT2D eigenvalue weighted by Gasteiger charge is -1.89. The van der Waals surface area contributed by atoms with Crippen LogP contribution in [-0.2, 0) is 4.79 Å². The van der Waals surface area contributed by atoms with Gasteiger partial charge >= 0.3 is 0 Å². The van der Waals surface area contributed by atoms with Crippen molar-refractivity contribution in [3.05, 3.63) is 23.7 Å². The molecule has 0 N–H and O–H groups in total. The van der Waals surface area contributed by atoms with E-state index in [-0.39, 0.29) is 0 Å². The Morgan fingerprint density at radius 3 is 3.25 bits per heavy atom. The Hall–Kier alpha value is -1.51. The Labute approximate surface area is 72.4 Å². The van der Waals surface area contributed by atoms with Gasteiger partial charge in [0.15, 0.2) is 0 Å². The molecule has 58 valence electrons. The molecule has 0 aliphatic heterocycles. The Morgan fingerprint density at radius 2 is 2.42 bits per heavy atom. The first kappa shape index (κ1) is 7.16. The predicted molar refractivity (Wildman–Crippen MR) is 47.4 cm³/mol. The summed E-state index contributed by atoms with van der Waals surface area (Å²) >= 11 is 1.47. The van der Waals surface area contributed by atoms with Gasteiger partial charge in [-0.2, -0.15) is 4.99 Å². The van der Waals surface area contributed by atoms with Crippen molar-refractivity contribution in [2.45, 2.75) is 0 Å². The second kappa shape index (κ2) is 2.85. The van der Waals surface area contributed by atoms with Crippen molar-refractivity contribution in [3.63, 3.8) is 0 Å². The summed E-state index contributed by atoms with van der Waals surface area (Å²) in [6.45, 7) is 0. The predicted octanol–water partition coefficient (Wildman–Crippen LogP) is 2.26. The standard InChI is InChI=1S/C8H4N2OS/c11-4-9-6-2-1-3-7-8(6)12-5-10-7/h1-3,5H. The molecule has 0 unspecified atom stereocenters. The van der Waals surface area contributed by atoms with E-state index in [9.17, 15) is 4.79 Å². The maximum absolute atomic E-state index is 10.0. The fourth-order valence-electron chi connectivity index (χ4n) is 1.01. The number of rotatable bonds is 1. The average molecular weight is 176 g/mol. The fourth-order valence-corrected chi connectivity index (χ4v) is 1.76. The topological polar surface area (TPSA) is 42.3 Å². The molecule has 1 heterocycles. The van der Waals surface area contributed by atoms with Crippen LogP contribution < -0.4 is 0 Å². The van der Waals surface area contributed by atoms with Gasteiger partial charge in [0.25, 0.3) is 0 Å². The molecule has 0 bridgehead atoms. The van der Waals surface area contributed by atoms with Crippen LogP contribution in [0.3, 0.4) is 0 Å². The number of benzene rings is 1. The van der Waals surface area contributed by atoms with Gasteiger partial charge < -0.3 is 0 Å². The SMILES string of the molecule is O=C=Nc1cccc2ncsc12. The summed E-state index contributed by atoms with van der Waals surface area (Å²) in [7, 11) is 0. The van der Waals surface area contributed by atoms with Gasteiger partial charge in [-0.05, 0) is 12.1 Å². The van der Waals surface area contributed by atoms with Crippen LogP contribution in [-0.4, -0.2) is 11.1 Å². The molecule has 2 rings (SSSR count). The van der Waals surface area contributed by atoms with Gasteiger partial charge in [0.05, 0.1) is 21.4 Å². The molecule has 0 atom stereocenters. The van der Waals surface area contributed by atoms with Crippen LogP contribution in [0.5, 0.6) is 0 Å². The molecule has 2 aromatic rings. The van der Waals surface area contributed by atoms with Crippen LogP contribution in [0.4, 0.5) is 5.69 Å². The van der Waals surface area contributed by atoms with Crippen molar-refractivity contribution in [2.24, 2.45) is 4.99 Å². The van der Waals surface area contributed by atoms with Crippen molar-refractivity contribution < 1.29 is 4.79 Å². The third kappa shape index (κ3) is 1.03. The molecule has 0 saturated heterocycles. The quantitative estimate of drug-likeness (QED) is 0.494. The molecule has 0 aliphatic carbocycles. The zero-order chi connectivity index (χ0) is 8.39. The molecule has 0 saturated carbocycles. The number of thiazole rings is 1. The third-order valence-electron chi connectivity index (χ3n) is 1.50. The van der Waals surface area contributed by atoms with Crippen molar-refractivity contribution >= 4 is 33.3 Å². The molecule has 1 aromatic heterocycles. The minimum absolute atomic E-state index is 0.644. The molecule has 0 amide bonds. The number of hydrogen-bond donors (Lipinski definition) is 0. The number of aliphatic imine (C=N–C) groups is 1. The molecule has 0 radical (unpaired) electrons. The monoisotopic (exact) mass is 176 g/mol. The lowest BCUT2D eigenvalue weighted by molar-refractivity contribution is 0.565. The Morgan fingerprint density at radius 1 is 1.50 bits per heavy atom. The first-order chi connectivity index (χ1) is 5.92. The van der Waals surface area contributed by atoms with Crippen LogP contribution in [0.15, 0.2) is 28.7 Å². The molecule has 0 spiro atoms. The highest BCUT2D eigenvalue weighted by molar-refractivity contribution is 7.17. The highest BCUT2D eigenvalue weighted by atomic mass is 32.1. The summed E-state index contributed by atoms with van der Waals surface area (Å²) in [5, 5.41) is 0. The van der Waals surface area contributed by atoms with Crippen molar-refractivity contribution in [1.82, 2.24) is 4.98 Å². The largest absolute Gasteiger partial charge is 0.245 e. The maximum Gasteiger partial charge on any atom is 0.240 e. The number of fused-ring (bicyclic) bond motifs is 1. The zero-order valence-electron chi connectivity index (χ0n) is 6.02. The minimum Gasteiger partial charge on any atom is -0.245 e. The van der Waals surface area contributed by atoms with E-state index in [0.29, 0.717) is 5.69 Å². The normalized spacial score (nSPS) is 9.67. The van der Waals surface area contributed by atoms with Gasteiger partial charge in [0.1, 0.15) is 0 Å². The third-order valence-corrected chi connectivity index (χ3v) is 2.37. The Kier molecular flexibility index (Phi) is 1.70. The lowest BCUT2D eigenvalue weighted by Crippen LogP contribution is -1.66. The number of hydrogen-bond acceptors (Lipinski definition) is 4. The van der Waals surface area contributed by atoms with E-state index in [2.05, 4.69) is 9.98 Å². The average Bonchev–Trinajstić information content (AvgIpc) is 2.53. The smallest absolute Gasteiger partial charge is 0.240 e. The van der Waals surface area contributed by atoms with Crippen LogP contribution in [0.2, 0.25) is 0 Å². The van der Waals surface area contributed by atoms with Crippen molar-refractivity contribution in [3.8, 4) is 0 Å². The zero-order valence-corrected chi connectivity index (χ0v) is 6.84. The highest BCUT2D eigenvalue weighted by Gasteiger charge is 2.00. The van der Waals surface area contributed by atoms with E-state index in [0.717, 1.165) is 10.2 Å². The van der Waals surface area contributed by atoms with E-state index >= 15 is 0 Å². The summed E-state index contributed by atoms with van der Waals surface area (Å²) in [5.41, 5.74) is 3.25. The van der Waals surface area contributed by atoms with E-state index in [1.807, 2.05) is 12.1 Å². The number of nitrogens with zero attached hydrogens (tertiary/aromatic N) is 2. The molecular weight excluding hydrogens is 172 g/mol. The van der Waals surface area contributed by atoms with E-state index < -0.39 is 0 Å². The number of aromatic nitrogens is 1. The van der Waals surface area contributed by atoms with Crippen molar-refractivity contribution in [2.75, 3.05) is 0 Å². The van der Waals surface area contributed by atoms with E-state index in [4.69, 9.17) is 0 Å². The van der Waals surface area contributed by atoms with Crippen LogP contribution >= 0.6 is 11.3 Å². The van der Waals surface area contributed by atoms with Gasteiger partial charge in [-0.25, -0.2) is 9.78 Å². The number of isocyanates is 1. The Balaban J connectivity index is 2.81. The first-order valence-corrected chi connectivity index (χ1v) is 4.20. The van der Waals surface area contributed by atoms with Gasteiger partial charge in [-0.3, -0.25) is 0 Å². The van der Waals surface area contributed by atoms with Crippen LogP contribution in [0.25, 0.3) is 10.2 Å². The van der Waals surface area contributed by atoms with Crippen LogP contribution in [0, 0.1) is 0 Å². The molecular formula is C8H4N2OS. The Bertz CT molecular complexity index is 457. The first-order valence-electron chi connectivity index (χ1n) is 3.32. The van der Waals surface area contributed by atoms with Gasteiger partial charge in [-0.1, -0.05) is 6.07 Å². The molecule has 0 fully saturated rings. The summed E-state index contributed by atoms with van der Waals surface area (Å²) in [6, 6.07) is 5.47. The summed E-state index contributed by atoms with van der Waals surface area (Å²) in [4.78, 5) is 17.7. The summed E-state index contributed by atoms with van der Waals surface area (Å²) in [5.74, 6) is 0. The second-order valence-electron chi connectivity index (χ2n) is 2.18. The maximum atomic E-state index is 10.0. The highest BCUT2D eigenvalue weighted by Crippen LogP contribution is 2.27. The van der Waals surface area contributed by atoms with E-state index in [1.165, 1.54) is 17.4 Å². The molecule has 4 heteroatoms. The molecule has 3 nitrogen and oxygen atoms in total. The van der Waals surface area contributed by atoms with Crippen molar-refractivity contribution in [1.29, 1.82) is 0 Å². The lowest BCUT2D eigenvalue weighted by atomic mass is 10.3. The minimum atomic E-state index is 0.644. The molecule has 0 aliphatic rings.